The molecule has 0 saturated carbocycles. The zero-order valence-electron chi connectivity index (χ0n) is 39.2. The van der Waals surface area contributed by atoms with Crippen LogP contribution in [0.4, 0.5) is 0 Å². The van der Waals surface area contributed by atoms with Crippen molar-refractivity contribution in [3.05, 3.63) is 156 Å². The highest BCUT2D eigenvalue weighted by Gasteiger charge is 2.53. The van der Waals surface area contributed by atoms with E-state index in [2.05, 4.69) is 9.97 Å². The van der Waals surface area contributed by atoms with Crippen LogP contribution in [0, 0.1) is 0 Å². The van der Waals surface area contributed by atoms with Gasteiger partial charge in [-0.2, -0.15) is 0 Å². The molecule has 0 spiro atoms. The number of aromatic amines is 2. The van der Waals surface area contributed by atoms with Crippen molar-refractivity contribution in [3.63, 3.8) is 0 Å². The Labute approximate surface area is 418 Å². The molecule has 10 atom stereocenters. The van der Waals surface area contributed by atoms with Gasteiger partial charge < -0.3 is 69.8 Å². The molecule has 0 aliphatic carbocycles. The number of fused-ring (bicyclic) bond motifs is 8. The second-order valence-corrected chi connectivity index (χ2v) is 18.6. The highest BCUT2D eigenvalue weighted by atomic mass is 16.7. The molecule has 4 aliphatic rings. The summed E-state index contributed by atoms with van der Waals surface area (Å²) in [5.41, 5.74) is 9.60. The Bertz CT molecular complexity index is 3370. The number of H-pyrrole nitrogens is 2. The van der Waals surface area contributed by atoms with Gasteiger partial charge in [0, 0.05) is 44.3 Å². The van der Waals surface area contributed by atoms with Crippen molar-refractivity contribution in [1.29, 1.82) is 0 Å². The molecule has 4 aliphatic heterocycles. The zero-order valence-corrected chi connectivity index (χ0v) is 39.2. The Morgan fingerprint density at radius 1 is 0.479 bits per heavy atom. The molecule has 3 aromatic heterocycles. The molecule has 4 aromatic carbocycles. The van der Waals surface area contributed by atoms with Crippen molar-refractivity contribution in [2.75, 3.05) is 13.2 Å². The largest absolute Gasteiger partial charge is 0.462 e. The molecule has 11 rings (SSSR count). The first-order valence-electron chi connectivity index (χ1n) is 23.9. The fourth-order valence-electron chi connectivity index (χ4n) is 9.87. The molecule has 7 heterocycles. The smallest absolute Gasteiger partial charge is 0.231 e. The van der Waals surface area contributed by atoms with Crippen LogP contribution < -0.4 is 9.47 Å². The lowest BCUT2D eigenvalue weighted by molar-refractivity contribution is -0.314. The maximum absolute atomic E-state index is 11.3. The van der Waals surface area contributed by atoms with E-state index < -0.39 is 74.1 Å². The molecule has 2 fully saturated rings. The van der Waals surface area contributed by atoms with Gasteiger partial charge in [-0.1, -0.05) is 84.9 Å². The fourth-order valence-corrected chi connectivity index (χ4v) is 9.87. The third-order valence-corrected chi connectivity index (χ3v) is 13.7. The molecule has 4 unspecified atom stereocenters. The zero-order chi connectivity index (χ0) is 50.5. The lowest BCUT2D eigenvalue weighted by Crippen LogP contribution is -2.66. The lowest BCUT2D eigenvalue weighted by Gasteiger charge is -2.45. The van der Waals surface area contributed by atoms with Gasteiger partial charge in [0.2, 0.25) is 12.6 Å². The molecule has 8 bridgehead atoms. The number of hydrogen-bond acceptors (Lipinski definition) is 14. The van der Waals surface area contributed by atoms with Gasteiger partial charge in [-0.15, -0.1) is 0 Å². The van der Waals surface area contributed by atoms with Gasteiger partial charge in [0.15, 0.2) is 5.60 Å². The number of benzene rings is 4. The Morgan fingerprint density at radius 3 is 1.34 bits per heavy atom. The van der Waals surface area contributed by atoms with Gasteiger partial charge in [0.1, 0.15) is 54.2 Å². The first-order valence-corrected chi connectivity index (χ1v) is 23.9. The minimum Gasteiger partial charge on any atom is -0.462 e. The van der Waals surface area contributed by atoms with Crippen LogP contribution in [0.1, 0.15) is 29.7 Å². The van der Waals surface area contributed by atoms with Crippen LogP contribution in [0.3, 0.4) is 0 Å². The first-order chi connectivity index (χ1) is 35.4. The van der Waals surface area contributed by atoms with Crippen LogP contribution in [-0.2, 0) is 9.47 Å². The number of nitrogens with one attached hydrogen (secondary N) is 2. The average molecular weight is 985 g/mol. The standard InChI is InChI=1S/C57H52N4O12/c1-57(69)54(68)51(65)45(29-63)73-56(57)71-35-17-9-15-33(27-35)49-42-24-20-38(60-42)46(30-10-4-2-5-11-30)36-18-22-40(58-36)48(32-14-8-16-34(26-32)70-55-53(67)52(66)50(64)44(28-62)72-55)41-23-19-37(59-41)47(31-12-6-3-7-13-31)39-21-25-43(49)61-39/h2-27,44-45,50-56,58,61-69H,28-29H2,1H3/t44-,45?,50?,51-,52-,53-,54+,55?,56-,57?/m1/s1. The number of aromatic nitrogens is 4. The molecular weight excluding hydrogens is 933 g/mol. The SMILES string of the molecule is CC1(O)[C@H](Oc2cccc(-c3c4nc(c(-c5ccccc5)c5ccc([nH]5)c(-c5cccc(OC6O[C@H](CO)C(O)[C@@H](O)[C@H]6O)c5)c5nc(c(-c6ccccc6)c6ccc3[nH]6)C=C5)C=C4)c2)OC(CO)[C@@H](O)[C@@H]1O. The fraction of sp³-hybridized carbons (Fsp3) is 0.228. The third-order valence-electron chi connectivity index (χ3n) is 13.7. The van der Waals surface area contributed by atoms with Gasteiger partial charge in [-0.05, 0) is 102 Å². The molecule has 73 heavy (non-hydrogen) atoms. The summed E-state index contributed by atoms with van der Waals surface area (Å²) in [5, 5.41) is 84.3. The summed E-state index contributed by atoms with van der Waals surface area (Å²) in [6, 6.07) is 42.1. The van der Waals surface area contributed by atoms with Crippen LogP contribution in [-0.4, -0.2) is 135 Å². The molecule has 7 aromatic rings. The number of aliphatic hydroxyl groups excluding tert-OH is 7. The Morgan fingerprint density at radius 2 is 0.890 bits per heavy atom. The molecule has 372 valence electrons. The predicted octanol–water partition coefficient (Wildman–Crippen LogP) is 6.07. The Balaban J connectivity index is 1.13. The molecule has 10 N–H and O–H groups in total. The van der Waals surface area contributed by atoms with E-state index in [4.69, 9.17) is 28.9 Å². The molecule has 16 heteroatoms. The van der Waals surface area contributed by atoms with E-state index in [9.17, 15) is 40.9 Å². The normalized spacial score (nSPS) is 25.7. The number of rotatable bonds is 10. The summed E-state index contributed by atoms with van der Waals surface area (Å²) in [5.74, 6) is 0.563. The van der Waals surface area contributed by atoms with Gasteiger partial charge in [-0.25, -0.2) is 9.97 Å². The highest BCUT2D eigenvalue weighted by Crippen LogP contribution is 2.41. The van der Waals surface area contributed by atoms with E-state index in [1.54, 1.807) is 36.4 Å². The summed E-state index contributed by atoms with van der Waals surface area (Å²) >= 11 is 0. The number of aliphatic hydroxyl groups is 8. The maximum atomic E-state index is 11.3. The summed E-state index contributed by atoms with van der Waals surface area (Å²) in [4.78, 5) is 18.1. The molecular formula is C57H52N4O12. The number of nitrogens with zero attached hydrogens (tertiary/aromatic N) is 2. The summed E-state index contributed by atoms with van der Waals surface area (Å²) in [6.45, 7) is 0.0934. The Kier molecular flexibility index (Phi) is 12.9. The van der Waals surface area contributed by atoms with E-state index in [0.29, 0.717) is 56.1 Å². The topological polar surface area (TPSA) is 256 Å². The van der Waals surface area contributed by atoms with Crippen LogP contribution in [0.15, 0.2) is 133 Å². The van der Waals surface area contributed by atoms with Crippen molar-refractivity contribution in [2.24, 2.45) is 0 Å². The predicted molar refractivity (Wildman–Crippen MR) is 274 cm³/mol. The summed E-state index contributed by atoms with van der Waals surface area (Å²) in [6.07, 6.45) is -5.36. The van der Waals surface area contributed by atoms with E-state index >= 15 is 0 Å². The first kappa shape index (κ1) is 48.0. The van der Waals surface area contributed by atoms with Gasteiger partial charge in [0.05, 0.1) is 36.0 Å². The van der Waals surface area contributed by atoms with Gasteiger partial charge in [0.25, 0.3) is 0 Å². The quantitative estimate of drug-likeness (QED) is 0.0747. The second kappa shape index (κ2) is 19.6. The third kappa shape index (κ3) is 8.93. The summed E-state index contributed by atoms with van der Waals surface area (Å²) < 4.78 is 23.9. The van der Waals surface area contributed by atoms with Crippen LogP contribution in [0.2, 0.25) is 0 Å². The van der Waals surface area contributed by atoms with Crippen molar-refractivity contribution in [3.8, 4) is 56.0 Å². The van der Waals surface area contributed by atoms with Gasteiger partial charge >= 0.3 is 0 Å². The maximum Gasteiger partial charge on any atom is 0.231 e. The van der Waals surface area contributed by atoms with Crippen LogP contribution >= 0.6 is 0 Å². The van der Waals surface area contributed by atoms with E-state index in [-0.39, 0.29) is 11.5 Å². The van der Waals surface area contributed by atoms with E-state index in [0.717, 1.165) is 33.3 Å². The minimum atomic E-state index is -2.04. The summed E-state index contributed by atoms with van der Waals surface area (Å²) in [7, 11) is 0. The average Bonchev–Trinajstić information content (AvgIpc) is 4.27. The minimum absolute atomic E-state index is 0.278. The Hall–Kier alpha value is -7.32. The number of hydrogen-bond donors (Lipinski definition) is 10. The van der Waals surface area contributed by atoms with Crippen LogP contribution in [0.25, 0.3) is 90.9 Å². The van der Waals surface area contributed by atoms with Crippen molar-refractivity contribution in [1.82, 2.24) is 19.9 Å². The van der Waals surface area contributed by atoms with Crippen molar-refractivity contribution in [2.45, 2.75) is 67.8 Å². The van der Waals surface area contributed by atoms with Crippen LogP contribution in [0.5, 0.6) is 11.5 Å². The molecule has 2 saturated heterocycles. The monoisotopic (exact) mass is 984 g/mol. The molecule has 0 amide bonds. The van der Waals surface area contributed by atoms with Gasteiger partial charge in [-0.3, -0.25) is 0 Å². The lowest BCUT2D eigenvalue weighted by atomic mass is 9.88. The second-order valence-electron chi connectivity index (χ2n) is 18.6. The molecule has 16 nitrogen and oxygen atoms in total. The van der Waals surface area contributed by atoms with Crippen molar-refractivity contribution >= 4 is 46.4 Å². The number of ether oxygens (including phenoxy) is 4. The molecule has 0 radical (unpaired) electrons. The van der Waals surface area contributed by atoms with E-state index in [1.807, 2.05) is 121 Å². The van der Waals surface area contributed by atoms with E-state index in [1.165, 1.54) is 6.92 Å². The highest BCUT2D eigenvalue weighted by molar-refractivity contribution is 6.00. The van der Waals surface area contributed by atoms with Crippen molar-refractivity contribution < 1.29 is 59.8 Å².